The largest absolute Gasteiger partial charge is 0.478 e. The first-order valence-corrected chi connectivity index (χ1v) is 9.57. The Kier molecular flexibility index (Phi) is 5.00. The normalized spacial score (nSPS) is 19.5. The number of carboxylic acid groups (broad SMARTS) is 1. The van der Waals surface area contributed by atoms with E-state index in [9.17, 15) is 18.3 Å². The minimum absolute atomic E-state index is 0.00228. The molecule has 1 aromatic rings. The van der Waals surface area contributed by atoms with Crippen LogP contribution in [0, 0.1) is 0 Å². The SMILES string of the molecule is CCS(=O)(=O)C1CSCCN1c1nc(Cl)ccc1C(=O)O. The Labute approximate surface area is 132 Å². The summed E-state index contributed by atoms with van der Waals surface area (Å²) in [5, 5.41) is 8.64. The summed E-state index contributed by atoms with van der Waals surface area (Å²) in [6.07, 6.45) is 0. The monoisotopic (exact) mass is 350 g/mol. The lowest BCUT2D eigenvalue weighted by Crippen LogP contribution is -2.48. The van der Waals surface area contributed by atoms with E-state index in [-0.39, 0.29) is 22.3 Å². The summed E-state index contributed by atoms with van der Waals surface area (Å²) in [6, 6.07) is 2.74. The second-order valence-electron chi connectivity index (χ2n) is 4.48. The molecule has 0 spiro atoms. The van der Waals surface area contributed by atoms with Crippen molar-refractivity contribution >= 4 is 45.0 Å². The fourth-order valence-electron chi connectivity index (χ4n) is 2.12. The highest BCUT2D eigenvalue weighted by Gasteiger charge is 2.35. The van der Waals surface area contributed by atoms with E-state index in [1.54, 1.807) is 11.8 Å². The van der Waals surface area contributed by atoms with Gasteiger partial charge in [-0.15, -0.1) is 0 Å². The molecule has 1 fully saturated rings. The van der Waals surface area contributed by atoms with Crippen molar-refractivity contribution in [3.8, 4) is 0 Å². The molecular formula is C12H15ClN2O4S2. The Morgan fingerprint density at radius 1 is 1.57 bits per heavy atom. The van der Waals surface area contributed by atoms with Crippen LogP contribution in [0.5, 0.6) is 0 Å². The number of nitrogens with zero attached hydrogens (tertiary/aromatic N) is 2. The number of rotatable bonds is 4. The van der Waals surface area contributed by atoms with Crippen molar-refractivity contribution in [3.63, 3.8) is 0 Å². The molecule has 2 rings (SSSR count). The zero-order valence-corrected chi connectivity index (χ0v) is 13.7. The van der Waals surface area contributed by atoms with Crippen LogP contribution in [0.25, 0.3) is 0 Å². The maximum atomic E-state index is 12.2. The van der Waals surface area contributed by atoms with Crippen LogP contribution in [0.2, 0.25) is 5.15 Å². The Balaban J connectivity index is 2.52. The molecule has 1 N–H and O–H groups in total. The van der Waals surface area contributed by atoms with Crippen LogP contribution < -0.4 is 4.90 Å². The summed E-state index contributed by atoms with van der Waals surface area (Å²) in [6.45, 7) is 2.00. The maximum Gasteiger partial charge on any atom is 0.339 e. The smallest absolute Gasteiger partial charge is 0.339 e. The molecule has 1 aromatic heterocycles. The van der Waals surface area contributed by atoms with Gasteiger partial charge < -0.3 is 10.0 Å². The molecule has 1 saturated heterocycles. The van der Waals surface area contributed by atoms with Crippen LogP contribution in [-0.4, -0.2) is 53.7 Å². The molecule has 2 heterocycles. The first kappa shape index (κ1) is 16.4. The van der Waals surface area contributed by atoms with E-state index in [1.807, 2.05) is 0 Å². The van der Waals surface area contributed by atoms with Gasteiger partial charge in [-0.25, -0.2) is 18.2 Å². The standard InChI is InChI=1S/C12H15ClN2O4S2/c1-2-21(18,19)10-7-20-6-5-15(10)11-8(12(16)17)3-4-9(13)14-11/h3-4,10H,2,5-7H2,1H3,(H,16,17). The van der Waals surface area contributed by atoms with E-state index >= 15 is 0 Å². The van der Waals surface area contributed by atoms with Gasteiger partial charge in [0.2, 0.25) is 0 Å². The summed E-state index contributed by atoms with van der Waals surface area (Å²) in [4.78, 5) is 16.9. The van der Waals surface area contributed by atoms with Gasteiger partial charge in [0.15, 0.2) is 9.84 Å². The van der Waals surface area contributed by atoms with Crippen molar-refractivity contribution in [2.45, 2.75) is 12.3 Å². The number of hydrogen-bond donors (Lipinski definition) is 1. The summed E-state index contributed by atoms with van der Waals surface area (Å²) < 4.78 is 24.5. The molecule has 9 heteroatoms. The van der Waals surface area contributed by atoms with Gasteiger partial charge in [-0.05, 0) is 12.1 Å². The molecule has 0 amide bonds. The molecule has 0 radical (unpaired) electrons. The minimum atomic E-state index is -3.34. The number of pyridine rings is 1. The van der Waals surface area contributed by atoms with Gasteiger partial charge in [-0.3, -0.25) is 0 Å². The molecule has 1 atom stereocenters. The number of carboxylic acids is 1. The van der Waals surface area contributed by atoms with Crippen molar-refractivity contribution in [3.05, 3.63) is 22.8 Å². The van der Waals surface area contributed by atoms with Gasteiger partial charge in [0, 0.05) is 23.8 Å². The lowest BCUT2D eigenvalue weighted by molar-refractivity contribution is 0.0697. The molecule has 0 aliphatic carbocycles. The molecule has 1 aliphatic heterocycles. The van der Waals surface area contributed by atoms with Gasteiger partial charge in [0.05, 0.1) is 0 Å². The van der Waals surface area contributed by atoms with E-state index in [0.717, 1.165) is 0 Å². The zero-order chi connectivity index (χ0) is 15.6. The highest BCUT2D eigenvalue weighted by Crippen LogP contribution is 2.29. The first-order valence-electron chi connectivity index (χ1n) is 6.32. The third-order valence-corrected chi connectivity index (χ3v) is 6.74. The van der Waals surface area contributed by atoms with Gasteiger partial charge in [-0.1, -0.05) is 18.5 Å². The van der Waals surface area contributed by atoms with Crippen LogP contribution in [-0.2, 0) is 9.84 Å². The Morgan fingerprint density at radius 2 is 2.29 bits per heavy atom. The number of aromatic carboxylic acids is 1. The van der Waals surface area contributed by atoms with Crippen molar-refractivity contribution in [2.24, 2.45) is 0 Å². The molecule has 1 aliphatic rings. The molecule has 0 saturated carbocycles. The lowest BCUT2D eigenvalue weighted by atomic mass is 10.2. The van der Waals surface area contributed by atoms with Crippen molar-refractivity contribution in [1.82, 2.24) is 4.98 Å². The molecule has 21 heavy (non-hydrogen) atoms. The second kappa shape index (κ2) is 6.41. The summed E-state index contributed by atoms with van der Waals surface area (Å²) in [5.74, 6) is 0.0711. The van der Waals surface area contributed by atoms with Crippen LogP contribution in [0.4, 0.5) is 5.82 Å². The summed E-state index contributed by atoms with van der Waals surface area (Å²) >= 11 is 7.38. The number of halogens is 1. The van der Waals surface area contributed by atoms with Crippen molar-refractivity contribution in [2.75, 3.05) is 28.7 Å². The topological polar surface area (TPSA) is 87.6 Å². The minimum Gasteiger partial charge on any atom is -0.478 e. The Bertz CT molecular complexity index is 651. The van der Waals surface area contributed by atoms with Gasteiger partial charge >= 0.3 is 5.97 Å². The number of sulfone groups is 1. The third-order valence-electron chi connectivity index (χ3n) is 3.25. The van der Waals surface area contributed by atoms with E-state index < -0.39 is 21.2 Å². The Morgan fingerprint density at radius 3 is 2.90 bits per heavy atom. The van der Waals surface area contributed by atoms with Crippen LogP contribution in [0.15, 0.2) is 12.1 Å². The predicted octanol–water partition coefficient (Wildman–Crippen LogP) is 1.75. The first-order chi connectivity index (χ1) is 9.86. The average Bonchev–Trinajstić information content (AvgIpc) is 2.46. The number of anilines is 1. The van der Waals surface area contributed by atoms with Gasteiger partial charge in [0.1, 0.15) is 21.9 Å². The lowest BCUT2D eigenvalue weighted by Gasteiger charge is -2.36. The molecule has 1 unspecified atom stereocenters. The van der Waals surface area contributed by atoms with Crippen LogP contribution in [0.3, 0.4) is 0 Å². The maximum absolute atomic E-state index is 12.2. The van der Waals surface area contributed by atoms with Crippen molar-refractivity contribution < 1.29 is 18.3 Å². The van der Waals surface area contributed by atoms with E-state index in [1.165, 1.54) is 23.9 Å². The average molecular weight is 351 g/mol. The summed E-state index contributed by atoms with van der Waals surface area (Å²) in [7, 11) is -3.34. The van der Waals surface area contributed by atoms with Gasteiger partial charge in [0.25, 0.3) is 0 Å². The predicted molar refractivity (Wildman–Crippen MR) is 84.1 cm³/mol. The molecule has 116 valence electrons. The van der Waals surface area contributed by atoms with Crippen LogP contribution in [0.1, 0.15) is 17.3 Å². The van der Waals surface area contributed by atoms with E-state index in [2.05, 4.69) is 4.98 Å². The Hall–Kier alpha value is -0.990. The zero-order valence-electron chi connectivity index (χ0n) is 11.3. The quantitative estimate of drug-likeness (QED) is 0.827. The number of carbonyl (C=O) groups is 1. The molecular weight excluding hydrogens is 336 g/mol. The molecule has 6 nitrogen and oxygen atoms in total. The number of aromatic nitrogens is 1. The third kappa shape index (κ3) is 3.44. The van der Waals surface area contributed by atoms with E-state index in [4.69, 9.17) is 11.6 Å². The van der Waals surface area contributed by atoms with Gasteiger partial charge in [-0.2, -0.15) is 11.8 Å². The van der Waals surface area contributed by atoms with E-state index in [0.29, 0.717) is 18.1 Å². The second-order valence-corrected chi connectivity index (χ2v) is 8.47. The fraction of sp³-hybridized carbons (Fsp3) is 0.500. The number of hydrogen-bond acceptors (Lipinski definition) is 6. The summed E-state index contributed by atoms with van der Waals surface area (Å²) in [5.41, 5.74) is -0.0393. The van der Waals surface area contributed by atoms with Crippen LogP contribution >= 0.6 is 23.4 Å². The highest BCUT2D eigenvalue weighted by molar-refractivity contribution is 8.01. The molecule has 0 bridgehead atoms. The molecule has 0 aromatic carbocycles. The fourth-order valence-corrected chi connectivity index (χ4v) is 5.24. The number of thioether (sulfide) groups is 1. The van der Waals surface area contributed by atoms with Crippen molar-refractivity contribution in [1.29, 1.82) is 0 Å². The highest BCUT2D eigenvalue weighted by atomic mass is 35.5.